The van der Waals surface area contributed by atoms with E-state index in [1.165, 1.54) is 40.8 Å². The Labute approximate surface area is 141 Å². The Morgan fingerprint density at radius 1 is 1.17 bits per heavy atom. The molecule has 0 fully saturated rings. The highest BCUT2D eigenvalue weighted by Crippen LogP contribution is 2.41. The standard InChI is InChI=1S/C20H22O2S/c1-13-11-15-5-4-10-20(2,3)17(15)12-18(13)23-16-8-6-14(7-9-16)19(21)22/h6-9,11-12H,4-5,10H2,1-3H3,(H,21,22). The fourth-order valence-electron chi connectivity index (χ4n) is 3.34. The second kappa shape index (κ2) is 6.04. The van der Waals surface area contributed by atoms with Gasteiger partial charge in [0.2, 0.25) is 0 Å². The van der Waals surface area contributed by atoms with Gasteiger partial charge in [0.25, 0.3) is 0 Å². The van der Waals surface area contributed by atoms with Gasteiger partial charge in [-0.1, -0.05) is 31.7 Å². The van der Waals surface area contributed by atoms with Gasteiger partial charge in [-0.15, -0.1) is 0 Å². The molecular formula is C20H22O2S. The second-order valence-electron chi connectivity index (χ2n) is 6.94. The largest absolute Gasteiger partial charge is 0.478 e. The lowest BCUT2D eigenvalue weighted by atomic mass is 9.72. The van der Waals surface area contributed by atoms with Crippen LogP contribution in [0.2, 0.25) is 0 Å². The summed E-state index contributed by atoms with van der Waals surface area (Å²) in [6, 6.07) is 11.8. The first-order valence-electron chi connectivity index (χ1n) is 8.02. The Morgan fingerprint density at radius 2 is 1.87 bits per heavy atom. The molecule has 3 rings (SSSR count). The van der Waals surface area contributed by atoms with E-state index in [0.29, 0.717) is 5.56 Å². The third-order valence-electron chi connectivity index (χ3n) is 4.71. The number of hydrogen-bond donors (Lipinski definition) is 1. The summed E-state index contributed by atoms with van der Waals surface area (Å²) >= 11 is 1.72. The summed E-state index contributed by atoms with van der Waals surface area (Å²) in [4.78, 5) is 13.3. The molecule has 0 aliphatic heterocycles. The fourth-order valence-corrected chi connectivity index (χ4v) is 4.27. The van der Waals surface area contributed by atoms with E-state index in [0.717, 1.165) is 4.90 Å². The number of hydrogen-bond acceptors (Lipinski definition) is 2. The number of fused-ring (bicyclic) bond motifs is 1. The first-order valence-corrected chi connectivity index (χ1v) is 8.84. The minimum Gasteiger partial charge on any atom is -0.478 e. The van der Waals surface area contributed by atoms with E-state index < -0.39 is 5.97 Å². The van der Waals surface area contributed by atoms with E-state index in [2.05, 4.69) is 32.9 Å². The van der Waals surface area contributed by atoms with Crippen molar-refractivity contribution in [2.75, 3.05) is 0 Å². The van der Waals surface area contributed by atoms with Gasteiger partial charge in [0.1, 0.15) is 0 Å². The van der Waals surface area contributed by atoms with E-state index >= 15 is 0 Å². The van der Waals surface area contributed by atoms with Crippen molar-refractivity contribution in [1.29, 1.82) is 0 Å². The number of carboxylic acids is 1. The van der Waals surface area contributed by atoms with Crippen molar-refractivity contribution in [3.63, 3.8) is 0 Å². The maximum absolute atomic E-state index is 10.9. The smallest absolute Gasteiger partial charge is 0.335 e. The molecule has 0 atom stereocenters. The summed E-state index contributed by atoms with van der Waals surface area (Å²) in [7, 11) is 0. The predicted molar refractivity (Wildman–Crippen MR) is 94.7 cm³/mol. The van der Waals surface area contributed by atoms with Crippen LogP contribution in [0.5, 0.6) is 0 Å². The Hall–Kier alpha value is -1.74. The highest BCUT2D eigenvalue weighted by molar-refractivity contribution is 7.99. The van der Waals surface area contributed by atoms with Crippen molar-refractivity contribution >= 4 is 17.7 Å². The summed E-state index contributed by atoms with van der Waals surface area (Å²) < 4.78 is 0. The molecule has 0 spiro atoms. The molecular weight excluding hydrogens is 304 g/mol. The molecule has 0 unspecified atom stereocenters. The van der Waals surface area contributed by atoms with Crippen LogP contribution in [0.3, 0.4) is 0 Å². The first-order chi connectivity index (χ1) is 10.9. The number of rotatable bonds is 3. The van der Waals surface area contributed by atoms with Crippen LogP contribution in [0.25, 0.3) is 0 Å². The molecule has 23 heavy (non-hydrogen) atoms. The maximum Gasteiger partial charge on any atom is 0.335 e. The molecule has 2 aromatic rings. The molecule has 1 aliphatic rings. The molecule has 0 bridgehead atoms. The topological polar surface area (TPSA) is 37.3 Å². The molecule has 1 N–H and O–H groups in total. The quantitative estimate of drug-likeness (QED) is 0.814. The van der Waals surface area contributed by atoms with Crippen molar-refractivity contribution in [3.8, 4) is 0 Å². The number of carbonyl (C=O) groups is 1. The van der Waals surface area contributed by atoms with E-state index in [-0.39, 0.29) is 5.41 Å². The zero-order valence-electron chi connectivity index (χ0n) is 13.8. The number of aromatic carboxylic acids is 1. The summed E-state index contributed by atoms with van der Waals surface area (Å²) in [6.45, 7) is 6.82. The van der Waals surface area contributed by atoms with Gasteiger partial charge in [-0.3, -0.25) is 0 Å². The van der Waals surface area contributed by atoms with Crippen LogP contribution in [0, 0.1) is 6.92 Å². The highest BCUT2D eigenvalue weighted by Gasteiger charge is 2.28. The summed E-state index contributed by atoms with van der Waals surface area (Å²) in [5.41, 5.74) is 4.83. The molecule has 0 aromatic heterocycles. The zero-order valence-corrected chi connectivity index (χ0v) is 14.7. The molecule has 0 heterocycles. The predicted octanol–water partition coefficient (Wildman–Crippen LogP) is 5.46. The summed E-state index contributed by atoms with van der Waals surface area (Å²) in [6.07, 6.45) is 3.68. The average molecular weight is 326 g/mol. The molecule has 0 radical (unpaired) electrons. The van der Waals surface area contributed by atoms with Gasteiger partial charge in [-0.25, -0.2) is 4.79 Å². The monoisotopic (exact) mass is 326 g/mol. The van der Waals surface area contributed by atoms with E-state index in [9.17, 15) is 4.79 Å². The van der Waals surface area contributed by atoms with Crippen molar-refractivity contribution in [1.82, 2.24) is 0 Å². The lowest BCUT2D eigenvalue weighted by Gasteiger charge is -2.33. The normalized spacial score (nSPS) is 16.0. The van der Waals surface area contributed by atoms with Crippen LogP contribution in [0.15, 0.2) is 46.2 Å². The second-order valence-corrected chi connectivity index (χ2v) is 8.06. The van der Waals surface area contributed by atoms with Gasteiger partial charge in [-0.05, 0) is 78.6 Å². The minimum atomic E-state index is -0.881. The van der Waals surface area contributed by atoms with Gasteiger partial charge in [0.05, 0.1) is 5.56 Å². The van der Waals surface area contributed by atoms with E-state index in [1.54, 1.807) is 23.9 Å². The Bertz CT molecular complexity index is 745. The van der Waals surface area contributed by atoms with Gasteiger partial charge in [0, 0.05) is 9.79 Å². The fraction of sp³-hybridized carbons (Fsp3) is 0.350. The van der Waals surface area contributed by atoms with Gasteiger partial charge < -0.3 is 5.11 Å². The third-order valence-corrected chi connectivity index (χ3v) is 5.87. The highest BCUT2D eigenvalue weighted by atomic mass is 32.2. The van der Waals surface area contributed by atoms with Crippen LogP contribution in [0.4, 0.5) is 0 Å². The molecule has 2 aromatic carbocycles. The molecule has 1 aliphatic carbocycles. The van der Waals surface area contributed by atoms with Gasteiger partial charge >= 0.3 is 5.97 Å². The van der Waals surface area contributed by atoms with Crippen molar-refractivity contribution < 1.29 is 9.90 Å². The van der Waals surface area contributed by atoms with E-state index in [1.807, 2.05) is 12.1 Å². The molecule has 120 valence electrons. The number of carboxylic acid groups (broad SMARTS) is 1. The van der Waals surface area contributed by atoms with Crippen LogP contribution in [-0.2, 0) is 11.8 Å². The average Bonchev–Trinajstić information content (AvgIpc) is 2.49. The Kier molecular flexibility index (Phi) is 4.24. The summed E-state index contributed by atoms with van der Waals surface area (Å²) in [5.74, 6) is -0.881. The summed E-state index contributed by atoms with van der Waals surface area (Å²) in [5, 5.41) is 8.99. The van der Waals surface area contributed by atoms with E-state index in [4.69, 9.17) is 5.11 Å². The van der Waals surface area contributed by atoms with Crippen LogP contribution in [0.1, 0.15) is 53.7 Å². The zero-order chi connectivity index (χ0) is 16.6. The first kappa shape index (κ1) is 16.1. The molecule has 0 saturated heterocycles. The van der Waals surface area contributed by atoms with Crippen LogP contribution in [-0.4, -0.2) is 11.1 Å². The van der Waals surface area contributed by atoms with Crippen LogP contribution >= 0.6 is 11.8 Å². The third kappa shape index (κ3) is 3.30. The number of benzene rings is 2. The Morgan fingerprint density at radius 3 is 2.52 bits per heavy atom. The maximum atomic E-state index is 10.9. The molecule has 2 nitrogen and oxygen atoms in total. The number of aryl methyl sites for hydroxylation is 2. The van der Waals surface area contributed by atoms with Crippen molar-refractivity contribution in [3.05, 3.63) is 58.7 Å². The van der Waals surface area contributed by atoms with Gasteiger partial charge in [-0.2, -0.15) is 0 Å². The lowest BCUT2D eigenvalue weighted by molar-refractivity contribution is 0.0697. The molecule has 0 saturated carbocycles. The van der Waals surface area contributed by atoms with Crippen molar-refractivity contribution in [2.45, 2.75) is 55.2 Å². The van der Waals surface area contributed by atoms with Crippen molar-refractivity contribution in [2.24, 2.45) is 0 Å². The minimum absolute atomic E-state index is 0.240. The SMILES string of the molecule is Cc1cc2c(cc1Sc1ccc(C(=O)O)cc1)C(C)(C)CCC2. The van der Waals surface area contributed by atoms with Gasteiger partial charge in [0.15, 0.2) is 0 Å². The molecule has 0 amide bonds. The van der Waals surface area contributed by atoms with Crippen LogP contribution < -0.4 is 0 Å². The Balaban J connectivity index is 1.92. The molecule has 3 heteroatoms. The lowest BCUT2D eigenvalue weighted by Crippen LogP contribution is -2.24.